The molecule has 9 nitrogen and oxygen atoms in total. The fourth-order valence-electron chi connectivity index (χ4n) is 4.45. The number of carbonyl (C=O) groups excluding carboxylic acids is 1. The van der Waals surface area contributed by atoms with Crippen molar-refractivity contribution in [1.82, 2.24) is 14.5 Å². The molecule has 0 amide bonds. The van der Waals surface area contributed by atoms with Crippen molar-refractivity contribution in [3.63, 3.8) is 0 Å². The summed E-state index contributed by atoms with van der Waals surface area (Å²) in [4.78, 5) is 19.2. The lowest BCUT2D eigenvalue weighted by Crippen LogP contribution is -2.35. The summed E-state index contributed by atoms with van der Waals surface area (Å²) >= 11 is 1.38. The van der Waals surface area contributed by atoms with Crippen molar-refractivity contribution >= 4 is 38.2 Å². The highest BCUT2D eigenvalue weighted by Gasteiger charge is 2.18. The summed E-state index contributed by atoms with van der Waals surface area (Å²) < 4.78 is 35.9. The zero-order chi connectivity index (χ0) is 26.0. The Morgan fingerprint density at radius 2 is 1.86 bits per heavy atom. The second-order valence-corrected chi connectivity index (χ2v) is 11.3. The van der Waals surface area contributed by atoms with Gasteiger partial charge in [-0.1, -0.05) is 18.2 Å². The number of aromatic nitrogens is 2. The van der Waals surface area contributed by atoms with Crippen LogP contribution in [0.1, 0.15) is 34.1 Å². The molecule has 4 aromatic rings. The van der Waals surface area contributed by atoms with Gasteiger partial charge in [-0.2, -0.15) is 0 Å². The SMILES string of the molecule is CCOC(=O)c1csc(-n2cc(Cc3ccc(S(N)(=O)=O)cc3)c3cc(CN4CCOCC4)ccc32)n1. The first-order chi connectivity index (χ1) is 17.8. The molecule has 1 saturated heterocycles. The number of ether oxygens (including phenoxy) is 2. The zero-order valence-electron chi connectivity index (χ0n) is 20.4. The van der Waals surface area contributed by atoms with E-state index < -0.39 is 16.0 Å². The Morgan fingerprint density at radius 3 is 2.57 bits per heavy atom. The van der Waals surface area contributed by atoms with Gasteiger partial charge >= 0.3 is 5.97 Å². The fourth-order valence-corrected chi connectivity index (χ4v) is 5.75. The molecule has 1 aliphatic rings. The first kappa shape index (κ1) is 25.6. The smallest absolute Gasteiger partial charge is 0.357 e. The summed E-state index contributed by atoms with van der Waals surface area (Å²) in [6.45, 7) is 6.17. The highest BCUT2D eigenvalue weighted by atomic mass is 32.2. The predicted octanol–water partition coefficient (Wildman–Crippen LogP) is 3.33. The average molecular weight is 541 g/mol. The lowest BCUT2D eigenvalue weighted by molar-refractivity contribution is 0.0342. The third-order valence-electron chi connectivity index (χ3n) is 6.29. The minimum absolute atomic E-state index is 0.0840. The molecule has 2 aromatic heterocycles. The minimum Gasteiger partial charge on any atom is -0.461 e. The number of hydrogen-bond donors (Lipinski definition) is 1. The van der Waals surface area contributed by atoms with Crippen molar-refractivity contribution in [1.29, 1.82) is 0 Å². The summed E-state index contributed by atoms with van der Waals surface area (Å²) in [7, 11) is -3.75. The molecule has 0 spiro atoms. The second kappa shape index (κ2) is 10.7. The maximum Gasteiger partial charge on any atom is 0.357 e. The number of esters is 1. The maximum atomic E-state index is 12.2. The van der Waals surface area contributed by atoms with E-state index in [1.165, 1.54) is 29.0 Å². The van der Waals surface area contributed by atoms with Crippen LogP contribution in [0.2, 0.25) is 0 Å². The molecule has 3 heterocycles. The molecule has 1 aliphatic heterocycles. The molecule has 11 heteroatoms. The summed E-state index contributed by atoms with van der Waals surface area (Å²) in [5, 5.41) is 8.71. The van der Waals surface area contributed by atoms with Crippen LogP contribution in [0.5, 0.6) is 0 Å². The highest BCUT2D eigenvalue weighted by Crippen LogP contribution is 2.30. The van der Waals surface area contributed by atoms with Gasteiger partial charge in [0, 0.05) is 36.6 Å². The predicted molar refractivity (Wildman–Crippen MR) is 142 cm³/mol. The van der Waals surface area contributed by atoms with E-state index in [0.29, 0.717) is 18.2 Å². The number of rotatable bonds is 8. The quantitative estimate of drug-likeness (QED) is 0.341. The van der Waals surface area contributed by atoms with Crippen molar-refractivity contribution < 1.29 is 22.7 Å². The molecule has 5 rings (SSSR count). The topological polar surface area (TPSA) is 117 Å². The van der Waals surface area contributed by atoms with E-state index in [9.17, 15) is 13.2 Å². The van der Waals surface area contributed by atoms with Crippen LogP contribution in [0.3, 0.4) is 0 Å². The van der Waals surface area contributed by atoms with Crippen molar-refractivity contribution in [3.05, 3.63) is 76.4 Å². The lowest BCUT2D eigenvalue weighted by Gasteiger charge is -2.26. The van der Waals surface area contributed by atoms with E-state index in [-0.39, 0.29) is 10.6 Å². The lowest BCUT2D eigenvalue weighted by atomic mass is 10.0. The molecule has 0 unspecified atom stereocenters. The first-order valence-corrected chi connectivity index (χ1v) is 14.4. The molecule has 2 aromatic carbocycles. The van der Waals surface area contributed by atoms with Crippen LogP contribution >= 0.6 is 11.3 Å². The summed E-state index contributed by atoms with van der Waals surface area (Å²) in [5.74, 6) is -0.440. The number of benzene rings is 2. The van der Waals surface area contributed by atoms with Gasteiger partial charge in [0.25, 0.3) is 0 Å². The standard InChI is InChI=1S/C26H28N4O5S2/c1-2-35-25(31)23-17-36-26(28-23)30-16-20(13-18-3-6-21(7-4-18)37(27,32)33)22-14-19(5-8-24(22)30)15-29-9-11-34-12-10-29/h3-8,14,16-17H,2,9-13,15H2,1H3,(H2,27,32,33). The van der Waals surface area contributed by atoms with E-state index in [2.05, 4.69) is 28.1 Å². The Labute approximate surface area is 219 Å². The number of nitrogens with two attached hydrogens (primary N) is 1. The van der Waals surface area contributed by atoms with Crippen LogP contribution in [-0.4, -0.2) is 61.7 Å². The fraction of sp³-hybridized carbons (Fsp3) is 0.308. The normalized spacial score (nSPS) is 14.8. The monoisotopic (exact) mass is 540 g/mol. The summed E-state index contributed by atoms with van der Waals surface area (Å²) in [6.07, 6.45) is 2.62. The van der Waals surface area contributed by atoms with Crippen molar-refractivity contribution in [3.8, 4) is 5.13 Å². The third kappa shape index (κ3) is 5.76. The van der Waals surface area contributed by atoms with Crippen molar-refractivity contribution in [2.24, 2.45) is 5.14 Å². The highest BCUT2D eigenvalue weighted by molar-refractivity contribution is 7.89. The summed E-state index contributed by atoms with van der Waals surface area (Å²) in [6, 6.07) is 13.0. The number of nitrogens with zero attached hydrogens (tertiary/aromatic N) is 3. The molecule has 37 heavy (non-hydrogen) atoms. The van der Waals surface area contributed by atoms with E-state index in [0.717, 1.165) is 54.9 Å². The largest absolute Gasteiger partial charge is 0.461 e. The molecular weight excluding hydrogens is 512 g/mol. The number of hydrogen-bond acceptors (Lipinski definition) is 8. The van der Waals surface area contributed by atoms with Gasteiger partial charge in [-0.15, -0.1) is 11.3 Å². The van der Waals surface area contributed by atoms with E-state index in [4.69, 9.17) is 14.6 Å². The molecule has 0 bridgehead atoms. The van der Waals surface area contributed by atoms with Crippen LogP contribution in [-0.2, 0) is 32.5 Å². The van der Waals surface area contributed by atoms with Crippen LogP contribution < -0.4 is 5.14 Å². The molecule has 0 radical (unpaired) electrons. The Kier molecular flexibility index (Phi) is 7.40. The number of thiazole rings is 1. The van der Waals surface area contributed by atoms with Crippen molar-refractivity contribution in [2.75, 3.05) is 32.9 Å². The van der Waals surface area contributed by atoms with Crippen LogP contribution in [0, 0.1) is 0 Å². The van der Waals surface area contributed by atoms with Crippen LogP contribution in [0.25, 0.3) is 16.0 Å². The first-order valence-electron chi connectivity index (χ1n) is 12.0. The molecule has 0 atom stereocenters. The van der Waals surface area contributed by atoms with Gasteiger partial charge in [0.15, 0.2) is 10.8 Å². The number of carbonyl (C=O) groups is 1. The van der Waals surface area contributed by atoms with Gasteiger partial charge in [0.05, 0.1) is 30.2 Å². The third-order valence-corrected chi connectivity index (χ3v) is 8.06. The van der Waals surface area contributed by atoms with E-state index in [1.54, 1.807) is 24.4 Å². The van der Waals surface area contributed by atoms with Crippen LogP contribution in [0.15, 0.2) is 58.9 Å². The minimum atomic E-state index is -3.75. The molecule has 194 valence electrons. The number of primary sulfonamides is 1. The molecule has 0 aliphatic carbocycles. The number of morpholine rings is 1. The molecular formula is C26H28N4O5S2. The Balaban J connectivity index is 1.52. The number of sulfonamides is 1. The second-order valence-electron chi connectivity index (χ2n) is 8.87. The maximum absolute atomic E-state index is 12.2. The van der Waals surface area contributed by atoms with E-state index >= 15 is 0 Å². The van der Waals surface area contributed by atoms with Gasteiger partial charge in [-0.25, -0.2) is 23.3 Å². The summed E-state index contributed by atoms with van der Waals surface area (Å²) in [5.41, 5.74) is 4.48. The van der Waals surface area contributed by atoms with Gasteiger partial charge in [-0.3, -0.25) is 9.47 Å². The Bertz CT molecular complexity index is 1520. The Morgan fingerprint density at radius 1 is 1.14 bits per heavy atom. The zero-order valence-corrected chi connectivity index (χ0v) is 22.1. The van der Waals surface area contributed by atoms with Gasteiger partial charge < -0.3 is 9.47 Å². The molecule has 1 fully saturated rings. The van der Waals surface area contributed by atoms with Gasteiger partial charge in [-0.05, 0) is 54.3 Å². The number of fused-ring (bicyclic) bond motifs is 1. The Hall–Kier alpha value is -3.09. The van der Waals surface area contributed by atoms with E-state index in [1.807, 2.05) is 10.8 Å². The van der Waals surface area contributed by atoms with Crippen molar-refractivity contribution in [2.45, 2.75) is 24.8 Å². The van der Waals surface area contributed by atoms with Gasteiger partial charge in [0.1, 0.15) is 0 Å². The van der Waals surface area contributed by atoms with Crippen LogP contribution in [0.4, 0.5) is 0 Å². The average Bonchev–Trinajstić information content (AvgIpc) is 3.50. The molecule has 2 N–H and O–H groups in total. The molecule has 0 saturated carbocycles. The van der Waals surface area contributed by atoms with Gasteiger partial charge in [0.2, 0.25) is 10.0 Å².